The van der Waals surface area contributed by atoms with Crippen molar-refractivity contribution in [3.05, 3.63) is 59.7 Å². The van der Waals surface area contributed by atoms with Crippen molar-refractivity contribution in [3.63, 3.8) is 0 Å². The second-order valence-corrected chi connectivity index (χ2v) is 8.94. The number of unbranched alkanes of at least 4 members (excludes halogenated alkanes) is 6. The summed E-state index contributed by atoms with van der Waals surface area (Å²) in [7, 11) is 0. The average molecular weight is 433 g/mol. The number of fused-ring (bicyclic) bond motifs is 1. The quantitative estimate of drug-likeness (QED) is 0.251. The van der Waals surface area contributed by atoms with Gasteiger partial charge in [0.15, 0.2) is 0 Å². The minimum atomic E-state index is 0.749. The molecule has 0 aromatic heterocycles. The van der Waals surface area contributed by atoms with Crippen LogP contribution < -0.4 is 9.47 Å². The van der Waals surface area contributed by atoms with E-state index in [-0.39, 0.29) is 0 Å². The molecule has 0 heterocycles. The lowest BCUT2D eigenvalue weighted by Gasteiger charge is -2.18. The van der Waals surface area contributed by atoms with Gasteiger partial charge in [0.2, 0.25) is 0 Å². The third-order valence-corrected chi connectivity index (χ3v) is 6.12. The zero-order chi connectivity index (χ0) is 22.8. The third kappa shape index (κ3) is 6.28. The molecule has 3 rings (SSSR count). The number of hydrogen-bond acceptors (Lipinski definition) is 2. The van der Waals surface area contributed by atoms with E-state index in [1.807, 2.05) is 0 Å². The molecule has 32 heavy (non-hydrogen) atoms. The molecule has 0 spiro atoms. The van der Waals surface area contributed by atoms with Gasteiger partial charge in [0, 0.05) is 16.3 Å². The molecule has 3 aromatic rings. The molecule has 0 aliphatic rings. The van der Waals surface area contributed by atoms with Gasteiger partial charge in [-0.05, 0) is 49.9 Å². The van der Waals surface area contributed by atoms with E-state index in [0.717, 1.165) is 53.9 Å². The molecule has 0 amide bonds. The van der Waals surface area contributed by atoms with E-state index in [0.29, 0.717) is 0 Å². The monoisotopic (exact) mass is 432 g/mol. The Labute approximate surface area is 195 Å². The van der Waals surface area contributed by atoms with Gasteiger partial charge in [-0.1, -0.05) is 94.3 Å². The molecule has 172 valence electrons. The molecule has 0 aliphatic carbocycles. The lowest BCUT2D eigenvalue weighted by atomic mass is 9.97. The van der Waals surface area contributed by atoms with E-state index < -0.39 is 0 Å². The SMILES string of the molecule is CCCCCCOc1c(C)ccc2c(OCCCCCC)c(-c3cccc(C)c3)ccc12. The van der Waals surface area contributed by atoms with Gasteiger partial charge in [-0.3, -0.25) is 0 Å². The van der Waals surface area contributed by atoms with E-state index in [1.54, 1.807) is 0 Å². The van der Waals surface area contributed by atoms with Crippen LogP contribution in [0.25, 0.3) is 21.9 Å². The zero-order valence-electron chi connectivity index (χ0n) is 20.5. The molecule has 0 unspecified atom stereocenters. The largest absolute Gasteiger partial charge is 0.493 e. The molecule has 0 saturated carbocycles. The molecule has 0 radical (unpaired) electrons. The van der Waals surface area contributed by atoms with Crippen LogP contribution in [0.3, 0.4) is 0 Å². The highest BCUT2D eigenvalue weighted by atomic mass is 16.5. The van der Waals surface area contributed by atoms with Crippen molar-refractivity contribution in [2.45, 2.75) is 79.1 Å². The van der Waals surface area contributed by atoms with Crippen LogP contribution in [-0.2, 0) is 0 Å². The number of aryl methyl sites for hydroxylation is 2. The summed E-state index contributed by atoms with van der Waals surface area (Å²) in [6, 6.07) is 17.5. The second kappa shape index (κ2) is 12.5. The van der Waals surface area contributed by atoms with Gasteiger partial charge >= 0.3 is 0 Å². The van der Waals surface area contributed by atoms with Crippen molar-refractivity contribution in [1.82, 2.24) is 0 Å². The Hall–Kier alpha value is -2.48. The van der Waals surface area contributed by atoms with Gasteiger partial charge in [0.05, 0.1) is 13.2 Å². The van der Waals surface area contributed by atoms with E-state index in [4.69, 9.17) is 9.47 Å². The van der Waals surface area contributed by atoms with Crippen LogP contribution in [0.15, 0.2) is 48.5 Å². The van der Waals surface area contributed by atoms with Crippen LogP contribution >= 0.6 is 0 Å². The minimum Gasteiger partial charge on any atom is -0.493 e. The summed E-state index contributed by atoms with van der Waals surface area (Å²) in [5.41, 5.74) is 4.81. The molecule has 2 heteroatoms. The molecule has 0 N–H and O–H groups in total. The lowest BCUT2D eigenvalue weighted by molar-refractivity contribution is 0.304. The molecule has 3 aromatic carbocycles. The first-order valence-electron chi connectivity index (χ1n) is 12.5. The summed E-state index contributed by atoms with van der Waals surface area (Å²) in [4.78, 5) is 0. The van der Waals surface area contributed by atoms with Crippen molar-refractivity contribution in [3.8, 4) is 22.6 Å². The summed E-state index contributed by atoms with van der Waals surface area (Å²) in [5.74, 6) is 1.99. The van der Waals surface area contributed by atoms with Crippen LogP contribution in [0, 0.1) is 13.8 Å². The molecular weight excluding hydrogens is 392 g/mol. The molecule has 0 fully saturated rings. The highest BCUT2D eigenvalue weighted by Crippen LogP contribution is 2.41. The molecular formula is C30H40O2. The van der Waals surface area contributed by atoms with E-state index in [2.05, 4.69) is 76.2 Å². The van der Waals surface area contributed by atoms with Gasteiger partial charge in [-0.2, -0.15) is 0 Å². The summed E-state index contributed by atoms with van der Waals surface area (Å²) in [5, 5.41) is 2.30. The van der Waals surface area contributed by atoms with Gasteiger partial charge < -0.3 is 9.47 Å². The predicted molar refractivity (Wildman–Crippen MR) is 138 cm³/mol. The molecule has 0 aliphatic heterocycles. The van der Waals surface area contributed by atoms with Gasteiger partial charge in [-0.25, -0.2) is 0 Å². The maximum atomic E-state index is 6.49. The molecule has 0 bridgehead atoms. The predicted octanol–water partition coefficient (Wildman–Crippen LogP) is 9.04. The van der Waals surface area contributed by atoms with Crippen LogP contribution in [0.4, 0.5) is 0 Å². The van der Waals surface area contributed by atoms with Crippen molar-refractivity contribution < 1.29 is 9.47 Å². The number of ether oxygens (including phenoxy) is 2. The summed E-state index contributed by atoms with van der Waals surface area (Å²) in [6.07, 6.45) is 9.65. The van der Waals surface area contributed by atoms with Gasteiger partial charge in [0.25, 0.3) is 0 Å². The fraction of sp³-hybridized carbons (Fsp3) is 0.467. The van der Waals surface area contributed by atoms with Crippen molar-refractivity contribution in [2.75, 3.05) is 13.2 Å². The Morgan fingerprint density at radius 1 is 0.625 bits per heavy atom. The van der Waals surface area contributed by atoms with Crippen LogP contribution in [0.1, 0.15) is 76.3 Å². The standard InChI is InChI=1S/C30H40O2/c1-5-7-9-11-20-31-29-24(4)16-17-28-27(29)19-18-26(25-15-13-14-23(3)22-25)30(28)32-21-12-10-8-6-2/h13-19,22H,5-12,20-21H2,1-4H3. The highest BCUT2D eigenvalue weighted by Gasteiger charge is 2.15. The van der Waals surface area contributed by atoms with Gasteiger partial charge in [0.1, 0.15) is 11.5 Å². The zero-order valence-corrected chi connectivity index (χ0v) is 20.5. The van der Waals surface area contributed by atoms with Crippen molar-refractivity contribution >= 4 is 10.8 Å². The Balaban J connectivity index is 1.96. The fourth-order valence-electron chi connectivity index (χ4n) is 4.25. The first-order valence-corrected chi connectivity index (χ1v) is 12.5. The fourth-order valence-corrected chi connectivity index (χ4v) is 4.25. The lowest BCUT2D eigenvalue weighted by Crippen LogP contribution is -2.02. The maximum absolute atomic E-state index is 6.49. The molecule has 2 nitrogen and oxygen atoms in total. The first kappa shape index (κ1) is 24.2. The smallest absolute Gasteiger partial charge is 0.135 e. The Kier molecular flexibility index (Phi) is 9.46. The molecule has 0 atom stereocenters. The summed E-state index contributed by atoms with van der Waals surface area (Å²) < 4.78 is 12.8. The van der Waals surface area contributed by atoms with Crippen LogP contribution in [-0.4, -0.2) is 13.2 Å². The van der Waals surface area contributed by atoms with Gasteiger partial charge in [-0.15, -0.1) is 0 Å². The maximum Gasteiger partial charge on any atom is 0.135 e. The highest BCUT2D eigenvalue weighted by molar-refractivity contribution is 5.99. The molecule has 0 saturated heterocycles. The van der Waals surface area contributed by atoms with Crippen LogP contribution in [0.2, 0.25) is 0 Å². The minimum absolute atomic E-state index is 0.749. The summed E-state index contributed by atoms with van der Waals surface area (Å²) >= 11 is 0. The second-order valence-electron chi connectivity index (χ2n) is 8.94. The van der Waals surface area contributed by atoms with E-state index in [1.165, 1.54) is 55.2 Å². The van der Waals surface area contributed by atoms with Crippen molar-refractivity contribution in [2.24, 2.45) is 0 Å². The number of rotatable bonds is 13. The number of benzene rings is 3. The average Bonchev–Trinajstić information content (AvgIpc) is 2.79. The van der Waals surface area contributed by atoms with Crippen LogP contribution in [0.5, 0.6) is 11.5 Å². The Morgan fingerprint density at radius 2 is 1.25 bits per heavy atom. The number of hydrogen-bond donors (Lipinski definition) is 0. The first-order chi connectivity index (χ1) is 15.7. The van der Waals surface area contributed by atoms with Crippen molar-refractivity contribution in [1.29, 1.82) is 0 Å². The Bertz CT molecular complexity index is 990. The Morgan fingerprint density at radius 3 is 1.91 bits per heavy atom. The topological polar surface area (TPSA) is 18.5 Å². The normalized spacial score (nSPS) is 11.1. The summed E-state index contributed by atoms with van der Waals surface area (Å²) in [6.45, 7) is 10.3. The van der Waals surface area contributed by atoms with E-state index in [9.17, 15) is 0 Å². The van der Waals surface area contributed by atoms with E-state index >= 15 is 0 Å². The third-order valence-electron chi connectivity index (χ3n) is 6.12.